The first-order chi connectivity index (χ1) is 4.75. The molecule has 9 heavy (non-hydrogen) atoms. The molecular weight excluding hydrogens is 112 g/mol. The Balaban J connectivity index is 3.27. The molecule has 1 nitrogen and oxygen atoms in total. The average molecular weight is 121 g/mol. The standard InChI is InChI=1S/C8H8O/c1-2-7-4-3-5-8(9)6-7/h2-6,9H,1H2/i6D. The lowest BCUT2D eigenvalue weighted by Gasteiger charge is -1.91. The molecule has 0 radical (unpaired) electrons. The maximum atomic E-state index is 9.00. The van der Waals surface area contributed by atoms with Gasteiger partial charge in [-0.05, 0) is 17.7 Å². The van der Waals surface area contributed by atoms with Gasteiger partial charge in [0, 0.05) is 0 Å². The molecule has 0 spiro atoms. The SMILES string of the molecule is [2H]c1c(O)cccc1C=C. The van der Waals surface area contributed by atoms with Crippen LogP contribution in [0.2, 0.25) is 0 Å². The molecule has 1 rings (SSSR count). The highest BCUT2D eigenvalue weighted by atomic mass is 16.3. The van der Waals surface area contributed by atoms with Gasteiger partial charge < -0.3 is 5.11 Å². The molecule has 1 aromatic rings. The van der Waals surface area contributed by atoms with Crippen LogP contribution in [-0.2, 0) is 0 Å². The molecule has 0 aliphatic rings. The van der Waals surface area contributed by atoms with Crippen LogP contribution >= 0.6 is 0 Å². The van der Waals surface area contributed by atoms with Crippen molar-refractivity contribution in [3.8, 4) is 5.75 Å². The summed E-state index contributed by atoms with van der Waals surface area (Å²) in [5, 5.41) is 9.00. The molecule has 0 unspecified atom stereocenters. The van der Waals surface area contributed by atoms with Crippen LogP contribution in [-0.4, -0.2) is 5.11 Å². The van der Waals surface area contributed by atoms with E-state index in [4.69, 9.17) is 6.48 Å². The van der Waals surface area contributed by atoms with Crippen LogP contribution in [0, 0.1) is 0 Å². The lowest BCUT2D eigenvalue weighted by Crippen LogP contribution is -1.67. The van der Waals surface area contributed by atoms with Crippen LogP contribution in [0.5, 0.6) is 5.75 Å². The van der Waals surface area contributed by atoms with Crippen LogP contribution < -0.4 is 0 Å². The van der Waals surface area contributed by atoms with Gasteiger partial charge in [-0.3, -0.25) is 0 Å². The maximum Gasteiger partial charge on any atom is 0.116 e. The number of hydrogen-bond acceptors (Lipinski definition) is 1. The second kappa shape index (κ2) is 2.35. The van der Waals surface area contributed by atoms with Crippen LogP contribution in [0.3, 0.4) is 0 Å². The van der Waals surface area contributed by atoms with E-state index in [1.165, 1.54) is 6.07 Å². The van der Waals surface area contributed by atoms with Gasteiger partial charge in [0.2, 0.25) is 0 Å². The third kappa shape index (κ3) is 1.32. The summed E-state index contributed by atoms with van der Waals surface area (Å²) in [6, 6.07) is 5.03. The predicted octanol–water partition coefficient (Wildman–Crippen LogP) is 2.04. The van der Waals surface area contributed by atoms with Gasteiger partial charge in [-0.25, -0.2) is 0 Å². The highest BCUT2D eigenvalue weighted by molar-refractivity contribution is 5.49. The lowest BCUT2D eigenvalue weighted by molar-refractivity contribution is 0.475. The van der Waals surface area contributed by atoms with Gasteiger partial charge in [0.25, 0.3) is 0 Å². The molecule has 0 bridgehead atoms. The molecule has 0 heterocycles. The van der Waals surface area contributed by atoms with Crippen molar-refractivity contribution in [2.45, 2.75) is 0 Å². The number of benzene rings is 1. The number of rotatable bonds is 1. The molecule has 1 N–H and O–H groups in total. The lowest BCUT2D eigenvalue weighted by atomic mass is 10.2. The van der Waals surface area contributed by atoms with Crippen LogP contribution in [0.25, 0.3) is 6.08 Å². The van der Waals surface area contributed by atoms with E-state index in [1.54, 1.807) is 18.2 Å². The zero-order valence-corrected chi connectivity index (χ0v) is 4.96. The molecule has 0 aromatic heterocycles. The number of aromatic hydroxyl groups is 1. The zero-order valence-electron chi connectivity index (χ0n) is 5.96. The Hall–Kier alpha value is -1.24. The van der Waals surface area contributed by atoms with Crippen molar-refractivity contribution in [3.63, 3.8) is 0 Å². The number of phenols is 1. The first-order valence-electron chi connectivity index (χ1n) is 3.16. The minimum atomic E-state index is -0.00241. The third-order valence-corrected chi connectivity index (χ3v) is 1.02. The Labute approximate surface area is 55.7 Å². The highest BCUT2D eigenvalue weighted by Crippen LogP contribution is 2.10. The van der Waals surface area contributed by atoms with E-state index < -0.39 is 0 Å². The van der Waals surface area contributed by atoms with Gasteiger partial charge in [-0.1, -0.05) is 24.8 Å². The third-order valence-electron chi connectivity index (χ3n) is 1.02. The van der Waals surface area contributed by atoms with Gasteiger partial charge in [0.1, 0.15) is 5.75 Å². The topological polar surface area (TPSA) is 20.2 Å². The van der Waals surface area contributed by atoms with Crippen LogP contribution in [0.1, 0.15) is 6.93 Å². The molecule has 0 amide bonds. The summed E-state index contributed by atoms with van der Waals surface area (Å²) in [7, 11) is 0. The Bertz CT molecular complexity index is 255. The Morgan fingerprint density at radius 3 is 3.00 bits per heavy atom. The molecule has 0 fully saturated rings. The highest BCUT2D eigenvalue weighted by Gasteiger charge is 1.85. The minimum Gasteiger partial charge on any atom is -0.508 e. The monoisotopic (exact) mass is 121 g/mol. The molecule has 0 aliphatic carbocycles. The summed E-state index contributed by atoms with van der Waals surface area (Å²) in [5.74, 6) is -0.00241. The largest absolute Gasteiger partial charge is 0.508 e. The second-order valence-electron chi connectivity index (χ2n) is 1.70. The van der Waals surface area contributed by atoms with E-state index in [9.17, 15) is 0 Å². The summed E-state index contributed by atoms with van der Waals surface area (Å²) in [6.45, 7) is 3.50. The summed E-state index contributed by atoms with van der Waals surface area (Å²) in [5.41, 5.74) is 0.653. The van der Waals surface area contributed by atoms with E-state index >= 15 is 0 Å². The molecule has 1 aromatic carbocycles. The smallest absolute Gasteiger partial charge is 0.116 e. The predicted molar refractivity (Wildman–Crippen MR) is 38.2 cm³/mol. The van der Waals surface area contributed by atoms with Crippen LogP contribution in [0.4, 0.5) is 0 Å². The minimum absolute atomic E-state index is 0.00241. The quantitative estimate of drug-likeness (QED) is 0.602. The van der Waals surface area contributed by atoms with Crippen LogP contribution in [0.15, 0.2) is 30.8 Å². The van der Waals surface area contributed by atoms with Crippen molar-refractivity contribution in [1.82, 2.24) is 0 Å². The fourth-order valence-corrected chi connectivity index (χ4v) is 0.593. The first kappa shape index (κ1) is 4.62. The molecule has 0 aliphatic heterocycles. The normalized spacial score (nSPS) is 10.4. The molecule has 0 saturated heterocycles. The average Bonchev–Trinajstić information content (AvgIpc) is 1.95. The summed E-state index contributed by atoms with van der Waals surface area (Å²) < 4.78 is 7.27. The van der Waals surface area contributed by atoms with Crippen molar-refractivity contribution in [2.75, 3.05) is 0 Å². The van der Waals surface area contributed by atoms with Crippen molar-refractivity contribution in [1.29, 1.82) is 0 Å². The maximum absolute atomic E-state index is 9.00. The van der Waals surface area contributed by atoms with E-state index in [0.717, 1.165) is 0 Å². The van der Waals surface area contributed by atoms with E-state index in [-0.39, 0.29) is 11.8 Å². The number of phenolic OH excluding ortho intramolecular Hbond substituents is 1. The summed E-state index contributed by atoms with van der Waals surface area (Å²) >= 11 is 0. The van der Waals surface area contributed by atoms with Crippen molar-refractivity contribution in [2.24, 2.45) is 0 Å². The van der Waals surface area contributed by atoms with Gasteiger partial charge in [0.15, 0.2) is 0 Å². The Kier molecular flexibility index (Phi) is 1.21. The van der Waals surface area contributed by atoms with E-state index in [0.29, 0.717) is 5.56 Å². The molecular formula is C8H8O. The van der Waals surface area contributed by atoms with Gasteiger partial charge in [-0.2, -0.15) is 0 Å². The van der Waals surface area contributed by atoms with Crippen molar-refractivity contribution < 1.29 is 6.48 Å². The Morgan fingerprint density at radius 2 is 2.44 bits per heavy atom. The molecule has 0 atom stereocenters. The van der Waals surface area contributed by atoms with Crippen molar-refractivity contribution >= 4 is 6.08 Å². The van der Waals surface area contributed by atoms with Gasteiger partial charge in [0.05, 0.1) is 1.37 Å². The first-order valence-corrected chi connectivity index (χ1v) is 2.66. The second-order valence-corrected chi connectivity index (χ2v) is 1.70. The molecule has 46 valence electrons. The fourth-order valence-electron chi connectivity index (χ4n) is 0.593. The molecule has 0 saturated carbocycles. The Morgan fingerprint density at radius 1 is 1.67 bits per heavy atom. The zero-order chi connectivity index (χ0) is 7.56. The fraction of sp³-hybridized carbons (Fsp3) is 0. The van der Waals surface area contributed by atoms with Gasteiger partial charge >= 0.3 is 0 Å². The van der Waals surface area contributed by atoms with E-state index in [1.807, 2.05) is 0 Å². The van der Waals surface area contributed by atoms with Gasteiger partial charge in [-0.15, -0.1) is 0 Å². The summed E-state index contributed by atoms with van der Waals surface area (Å²) in [4.78, 5) is 0. The number of hydrogen-bond donors (Lipinski definition) is 1. The van der Waals surface area contributed by atoms with Crippen molar-refractivity contribution in [3.05, 3.63) is 36.4 Å². The summed E-state index contributed by atoms with van der Waals surface area (Å²) in [6.07, 6.45) is 1.54. The molecule has 1 heteroatoms. The van der Waals surface area contributed by atoms with E-state index in [2.05, 4.69) is 6.58 Å².